The molecule has 0 aromatic heterocycles. The molecule has 5 N–H and O–H groups in total. The van der Waals surface area contributed by atoms with Crippen molar-refractivity contribution in [3.63, 3.8) is 0 Å². The zero-order chi connectivity index (χ0) is 31.4. The molecule has 4 unspecified atom stereocenters. The second-order valence-corrected chi connectivity index (χ2v) is 10.8. The van der Waals surface area contributed by atoms with Gasteiger partial charge in [-0.2, -0.15) is 5.26 Å². The van der Waals surface area contributed by atoms with Crippen molar-refractivity contribution in [1.29, 1.82) is 5.26 Å². The number of rotatable bonds is 7. The van der Waals surface area contributed by atoms with E-state index in [2.05, 4.69) is 6.58 Å². The predicted molar refractivity (Wildman–Crippen MR) is 145 cm³/mol. The second kappa shape index (κ2) is 11.1. The fourth-order valence-electron chi connectivity index (χ4n) is 6.22. The van der Waals surface area contributed by atoms with Crippen LogP contribution in [0.4, 0.5) is 0 Å². The fraction of sp³-hybridized carbons (Fsp3) is 0.400. The summed E-state index contributed by atoms with van der Waals surface area (Å²) in [5.74, 6) is -3.96. The van der Waals surface area contributed by atoms with E-state index in [1.807, 2.05) is 6.19 Å². The highest BCUT2D eigenvalue weighted by Crippen LogP contribution is 2.52. The minimum Gasteiger partial charge on any atom is -0.507 e. The van der Waals surface area contributed by atoms with Gasteiger partial charge in [0.1, 0.15) is 35.6 Å². The highest BCUT2D eigenvalue weighted by molar-refractivity contribution is 6.31. The van der Waals surface area contributed by atoms with Crippen LogP contribution >= 0.6 is 0 Å². The number of hydrogen-bond acceptors (Lipinski definition) is 13. The number of benzene rings is 2. The molecule has 1 aliphatic heterocycles. The van der Waals surface area contributed by atoms with Crippen LogP contribution in [0.3, 0.4) is 0 Å². The number of aromatic hydroxyl groups is 2. The molecule has 2 aliphatic carbocycles. The van der Waals surface area contributed by atoms with Crippen molar-refractivity contribution in [1.82, 2.24) is 4.90 Å². The van der Waals surface area contributed by atoms with Crippen LogP contribution in [-0.2, 0) is 20.7 Å². The third kappa shape index (κ3) is 4.64. The van der Waals surface area contributed by atoms with Crippen molar-refractivity contribution >= 4 is 17.3 Å². The van der Waals surface area contributed by atoms with Crippen LogP contribution in [0, 0.1) is 11.5 Å². The van der Waals surface area contributed by atoms with Crippen LogP contribution in [0.1, 0.15) is 68.8 Å². The molecular formula is C30H30N2O11. The lowest BCUT2D eigenvalue weighted by Crippen LogP contribution is -2.53. The molecule has 13 heteroatoms. The number of methoxy groups -OCH3 is 1. The van der Waals surface area contributed by atoms with Crippen molar-refractivity contribution in [2.75, 3.05) is 13.7 Å². The Labute approximate surface area is 245 Å². The van der Waals surface area contributed by atoms with Gasteiger partial charge in [-0.15, -0.1) is 0 Å². The molecule has 6 atom stereocenters. The molecule has 13 nitrogen and oxygen atoms in total. The summed E-state index contributed by atoms with van der Waals surface area (Å²) in [6, 6.07) is 3.50. The number of ketones is 3. The van der Waals surface area contributed by atoms with Crippen LogP contribution in [0.2, 0.25) is 0 Å². The molecule has 226 valence electrons. The van der Waals surface area contributed by atoms with Crippen molar-refractivity contribution in [3.8, 4) is 23.4 Å². The largest absolute Gasteiger partial charge is 0.507 e. The molecule has 0 bridgehead atoms. The third-order valence-corrected chi connectivity index (χ3v) is 8.40. The summed E-state index contributed by atoms with van der Waals surface area (Å²) >= 11 is 0. The Morgan fingerprint density at radius 3 is 2.56 bits per heavy atom. The van der Waals surface area contributed by atoms with Crippen LogP contribution in [-0.4, -0.2) is 91.6 Å². The highest BCUT2D eigenvalue weighted by Gasteiger charge is 2.50. The minimum atomic E-state index is -2.30. The molecule has 1 heterocycles. The number of fused-ring (bicyclic) bond motifs is 3. The maximum absolute atomic E-state index is 13.8. The van der Waals surface area contributed by atoms with Gasteiger partial charge >= 0.3 is 0 Å². The number of nitrogens with zero attached hydrogens (tertiary/aromatic N) is 2. The van der Waals surface area contributed by atoms with Crippen LogP contribution in [0.15, 0.2) is 31.0 Å². The molecular weight excluding hydrogens is 564 g/mol. The van der Waals surface area contributed by atoms with Gasteiger partial charge in [0.25, 0.3) is 0 Å². The number of ether oxygens (including phenoxy) is 3. The van der Waals surface area contributed by atoms with Crippen LogP contribution in [0.25, 0.3) is 0 Å². The van der Waals surface area contributed by atoms with Gasteiger partial charge < -0.3 is 39.7 Å². The molecule has 5 rings (SSSR count). The molecule has 0 amide bonds. The van der Waals surface area contributed by atoms with E-state index in [1.165, 1.54) is 31.5 Å². The molecule has 43 heavy (non-hydrogen) atoms. The fourth-order valence-corrected chi connectivity index (χ4v) is 6.22. The number of carbonyl (C=O) groups excluding carboxylic acids is 3. The lowest BCUT2D eigenvalue weighted by atomic mass is 9.72. The van der Waals surface area contributed by atoms with Gasteiger partial charge in [0, 0.05) is 42.2 Å². The van der Waals surface area contributed by atoms with Crippen molar-refractivity contribution in [2.45, 2.75) is 62.4 Å². The Kier molecular flexibility index (Phi) is 7.76. The van der Waals surface area contributed by atoms with E-state index in [0.29, 0.717) is 0 Å². The normalized spacial score (nSPS) is 27.8. The van der Waals surface area contributed by atoms with E-state index in [1.54, 1.807) is 6.92 Å². The van der Waals surface area contributed by atoms with Crippen LogP contribution < -0.4 is 4.74 Å². The predicted octanol–water partition coefficient (Wildman–Crippen LogP) is 0.969. The SMILES string of the molecule is C=CN(C#N)C1CC(O[C@H]2C[C@](O)(C(=O)CO)Cc3c(O)c4c(c(O)c32)C(=O)c2c(OC)cccc2C4=O)OC(C)C1O. The molecule has 0 saturated carbocycles. The summed E-state index contributed by atoms with van der Waals surface area (Å²) < 4.78 is 17.2. The Morgan fingerprint density at radius 2 is 1.93 bits per heavy atom. The average Bonchev–Trinajstić information content (AvgIpc) is 2.99. The maximum atomic E-state index is 13.8. The van der Waals surface area contributed by atoms with Crippen molar-refractivity contribution < 1.29 is 54.1 Å². The first-order chi connectivity index (χ1) is 20.4. The number of aliphatic hydroxyl groups excluding tert-OH is 2. The summed E-state index contributed by atoms with van der Waals surface area (Å²) in [4.78, 5) is 41.2. The van der Waals surface area contributed by atoms with E-state index in [0.717, 1.165) is 4.90 Å². The third-order valence-electron chi connectivity index (χ3n) is 8.40. The topological polar surface area (TPSA) is 207 Å². The second-order valence-electron chi connectivity index (χ2n) is 10.8. The molecule has 3 aliphatic rings. The zero-order valence-corrected chi connectivity index (χ0v) is 23.3. The Morgan fingerprint density at radius 1 is 1.23 bits per heavy atom. The molecule has 0 spiro atoms. The minimum absolute atomic E-state index is 0.0738. The first-order valence-corrected chi connectivity index (χ1v) is 13.5. The molecule has 1 fully saturated rings. The highest BCUT2D eigenvalue weighted by atomic mass is 16.7. The number of phenols is 2. The number of phenolic OH excluding ortho intramolecular Hbond substituents is 2. The summed E-state index contributed by atoms with van der Waals surface area (Å²) in [5.41, 5.74) is -3.88. The molecule has 2 aromatic rings. The average molecular weight is 595 g/mol. The van der Waals surface area contributed by atoms with Crippen molar-refractivity contribution in [3.05, 3.63) is 64.4 Å². The zero-order valence-electron chi connectivity index (χ0n) is 23.3. The quantitative estimate of drug-likeness (QED) is 0.147. The standard InChI is InChI=1S/C30H30N2O11/c1-4-32(12-31)16-8-20(42-13(2)25(16)35)43-18-10-30(40,19(34)11-33)9-15-22(18)29(39)24-23(27(15)37)26(36)14-6-5-7-17(41-3)21(14)28(24)38/h4-7,13,16,18,20,25,33,35,37,39-40H,1,8-11H2,2-3H3/t13?,16?,18-,20?,25?,30-/m0/s1. The summed E-state index contributed by atoms with van der Waals surface area (Å²) in [6.45, 7) is 4.07. The summed E-state index contributed by atoms with van der Waals surface area (Å²) in [5, 5.41) is 64.1. The number of Topliss-reactive ketones (excluding diaryl/α,β-unsaturated/α-hetero) is 1. The van der Waals surface area contributed by atoms with E-state index in [4.69, 9.17) is 14.2 Å². The number of aliphatic hydroxyl groups is 3. The first kappa shape index (κ1) is 30.1. The van der Waals surface area contributed by atoms with Crippen molar-refractivity contribution in [2.24, 2.45) is 0 Å². The number of hydrogen-bond donors (Lipinski definition) is 5. The van der Waals surface area contributed by atoms with E-state index in [9.17, 15) is 45.2 Å². The number of nitriles is 1. The molecule has 0 radical (unpaired) electrons. The lowest BCUT2D eigenvalue weighted by molar-refractivity contribution is -0.254. The Hall–Kier alpha value is -4.32. The summed E-state index contributed by atoms with van der Waals surface area (Å²) in [6.07, 6.45) is -2.68. The van der Waals surface area contributed by atoms with Gasteiger partial charge in [-0.05, 0) is 13.0 Å². The summed E-state index contributed by atoms with van der Waals surface area (Å²) in [7, 11) is 1.31. The Bertz CT molecular complexity index is 1580. The van der Waals surface area contributed by atoms with E-state index in [-0.39, 0.29) is 34.4 Å². The van der Waals surface area contributed by atoms with Gasteiger partial charge in [-0.1, -0.05) is 18.7 Å². The number of carbonyl (C=O) groups is 3. The van der Waals surface area contributed by atoms with Gasteiger partial charge in [0.05, 0.1) is 42.0 Å². The lowest BCUT2D eigenvalue weighted by Gasteiger charge is -2.43. The van der Waals surface area contributed by atoms with Gasteiger partial charge in [0.2, 0.25) is 5.78 Å². The van der Waals surface area contributed by atoms with Gasteiger partial charge in [-0.3, -0.25) is 19.3 Å². The van der Waals surface area contributed by atoms with Gasteiger partial charge in [0.15, 0.2) is 24.0 Å². The van der Waals surface area contributed by atoms with Crippen LogP contribution in [0.5, 0.6) is 17.2 Å². The molecule has 2 aromatic carbocycles. The monoisotopic (exact) mass is 594 g/mol. The van der Waals surface area contributed by atoms with Gasteiger partial charge in [-0.25, -0.2) is 0 Å². The maximum Gasteiger partial charge on any atom is 0.202 e. The molecule has 1 saturated heterocycles. The first-order valence-electron chi connectivity index (χ1n) is 13.5. The van der Waals surface area contributed by atoms with E-state index < -0.39 is 95.7 Å². The van der Waals surface area contributed by atoms with E-state index >= 15 is 0 Å². The smallest absolute Gasteiger partial charge is 0.202 e. The Balaban J connectivity index is 1.66.